The van der Waals surface area contributed by atoms with Crippen molar-refractivity contribution >= 4 is 17.9 Å². The lowest BCUT2D eigenvalue weighted by Crippen LogP contribution is -2.37. The van der Waals surface area contributed by atoms with Crippen LogP contribution in [0.3, 0.4) is 0 Å². The lowest BCUT2D eigenvalue weighted by Gasteiger charge is -2.43. The maximum Gasteiger partial charge on any atom is 0.133 e. The molecule has 2 heterocycles. The first-order chi connectivity index (χ1) is 25.7. The molecule has 2 fully saturated rings. The molecule has 0 radical (unpaired) electrons. The third-order valence-corrected chi connectivity index (χ3v) is 12.8. The molecule has 2 aromatic carbocycles. The Labute approximate surface area is 316 Å². The molecule has 53 heavy (non-hydrogen) atoms. The van der Waals surface area contributed by atoms with Gasteiger partial charge in [0.15, 0.2) is 0 Å². The average molecular weight is 701 g/mol. The first kappa shape index (κ1) is 37.6. The molecule has 2 unspecified atom stereocenters. The van der Waals surface area contributed by atoms with Gasteiger partial charge < -0.3 is 0 Å². The van der Waals surface area contributed by atoms with Gasteiger partial charge >= 0.3 is 0 Å². The molecule has 2 saturated carbocycles. The second-order valence-electron chi connectivity index (χ2n) is 15.9. The van der Waals surface area contributed by atoms with E-state index in [1.807, 2.05) is 85.2 Å². The first-order valence-electron chi connectivity index (χ1n) is 19.5. The molecule has 270 valence electrons. The van der Waals surface area contributed by atoms with E-state index >= 15 is 0 Å². The van der Waals surface area contributed by atoms with E-state index in [4.69, 9.17) is 9.97 Å². The highest BCUT2D eigenvalue weighted by molar-refractivity contribution is 5.79. The summed E-state index contributed by atoms with van der Waals surface area (Å²) in [5.74, 6) is 4.38. The van der Waals surface area contributed by atoms with E-state index in [0.29, 0.717) is 83.0 Å². The molecule has 2 aromatic heterocycles. The van der Waals surface area contributed by atoms with E-state index in [9.17, 15) is 15.3 Å². The van der Waals surface area contributed by atoms with E-state index in [1.54, 1.807) is 0 Å². The minimum absolute atomic E-state index is 0.328. The lowest BCUT2D eigenvalue weighted by molar-refractivity contribution is -0.123. The number of hydrogen-bond acceptors (Lipinski definition) is 5. The van der Waals surface area contributed by atoms with Gasteiger partial charge in [0.05, 0.1) is 34.7 Å². The van der Waals surface area contributed by atoms with Crippen molar-refractivity contribution in [2.75, 3.05) is 0 Å². The molecule has 0 amide bonds. The summed E-state index contributed by atoms with van der Waals surface area (Å²) in [4.78, 5) is 23.4. The summed E-state index contributed by atoms with van der Waals surface area (Å²) in [5.41, 5.74) is 6.77. The van der Waals surface area contributed by atoms with Crippen molar-refractivity contribution in [2.24, 2.45) is 53.3 Å². The van der Waals surface area contributed by atoms with Crippen LogP contribution in [0.1, 0.15) is 89.2 Å². The van der Waals surface area contributed by atoms with Crippen LogP contribution in [0.15, 0.2) is 97.3 Å². The molecule has 2 aliphatic rings. The summed E-state index contributed by atoms with van der Waals surface area (Å²) >= 11 is 0. The Morgan fingerprint density at radius 1 is 0.642 bits per heavy atom. The van der Waals surface area contributed by atoms with Crippen molar-refractivity contribution in [3.8, 4) is 34.4 Å². The zero-order valence-electron chi connectivity index (χ0n) is 31.8. The molecule has 2 aliphatic carbocycles. The van der Waals surface area contributed by atoms with Gasteiger partial charge in [0.25, 0.3) is 0 Å². The minimum Gasteiger partial charge on any atom is -0.300 e. The highest BCUT2D eigenvalue weighted by atomic mass is 16.1. The summed E-state index contributed by atoms with van der Waals surface area (Å²) < 4.78 is 0. The molecule has 0 N–H and O–H groups in total. The zero-order valence-corrected chi connectivity index (χ0v) is 31.8. The van der Waals surface area contributed by atoms with Crippen molar-refractivity contribution in [1.82, 2.24) is 9.97 Å². The Kier molecular flexibility index (Phi) is 12.2. The van der Waals surface area contributed by atoms with Gasteiger partial charge in [-0.2, -0.15) is 10.5 Å². The Morgan fingerprint density at radius 2 is 1.15 bits per heavy atom. The summed E-state index contributed by atoms with van der Waals surface area (Å²) in [6.07, 6.45) is 17.3. The topological polar surface area (TPSA) is 90.4 Å². The number of aromatic nitrogens is 2. The third kappa shape index (κ3) is 8.75. The summed E-state index contributed by atoms with van der Waals surface area (Å²) in [7, 11) is 0. The summed E-state index contributed by atoms with van der Waals surface area (Å²) in [5, 5.41) is 19.0. The molecular formula is C48H52N4O. The first-order valence-corrected chi connectivity index (χ1v) is 19.5. The standard InChI is InChI=1S/C48H52N4O/c1-31-14-15-36(46(33(31)3)23-21-43-19-17-40(30-52-43)48-13-9-7-11-38(48)28-50)25-44(53)26-41-24-32(2)34(4)45(35(41)5)22-20-42-18-16-39(29-51-42)47-12-8-6-10-37(47)27-49/h6-13,16-23,29-36,41,45-46H,14-15,24-26H2,1-5H3/b22-20+,23-21+/t31-,32-,33+,34+,35?,36+,41?,45-,46-/m0/s1. The predicted molar refractivity (Wildman–Crippen MR) is 215 cm³/mol. The van der Waals surface area contributed by atoms with Crippen LogP contribution in [-0.2, 0) is 4.79 Å². The van der Waals surface area contributed by atoms with Gasteiger partial charge in [-0.05, 0) is 103 Å². The lowest BCUT2D eigenvalue weighted by atomic mass is 9.61. The van der Waals surface area contributed by atoms with Crippen molar-refractivity contribution in [1.29, 1.82) is 10.5 Å². The highest BCUT2D eigenvalue weighted by Crippen LogP contribution is 2.46. The van der Waals surface area contributed by atoms with Crippen LogP contribution in [0.2, 0.25) is 0 Å². The van der Waals surface area contributed by atoms with Crippen LogP contribution in [0.25, 0.3) is 34.4 Å². The molecule has 0 aliphatic heterocycles. The van der Waals surface area contributed by atoms with E-state index in [1.165, 1.54) is 0 Å². The van der Waals surface area contributed by atoms with E-state index < -0.39 is 0 Å². The largest absolute Gasteiger partial charge is 0.300 e. The van der Waals surface area contributed by atoms with Crippen molar-refractivity contribution in [2.45, 2.75) is 66.7 Å². The Hall–Kier alpha value is -5.13. The van der Waals surface area contributed by atoms with Gasteiger partial charge in [0, 0.05) is 47.5 Å². The third-order valence-electron chi connectivity index (χ3n) is 12.8. The van der Waals surface area contributed by atoms with Gasteiger partial charge in [-0.3, -0.25) is 14.8 Å². The maximum absolute atomic E-state index is 13.9. The number of rotatable bonds is 10. The van der Waals surface area contributed by atoms with Crippen LogP contribution in [0.5, 0.6) is 0 Å². The van der Waals surface area contributed by atoms with Crippen molar-refractivity contribution in [3.05, 3.63) is 120 Å². The number of hydrogen-bond donors (Lipinski definition) is 0. The number of benzene rings is 2. The molecule has 0 spiro atoms. The Bertz CT molecular complexity index is 2010. The van der Waals surface area contributed by atoms with Crippen LogP contribution in [0, 0.1) is 75.9 Å². The average Bonchev–Trinajstić information content (AvgIpc) is 3.18. The van der Waals surface area contributed by atoms with Crippen LogP contribution < -0.4 is 0 Å². The minimum atomic E-state index is 0.328. The SMILES string of the molecule is CC1C(CC(=O)C[C@H]2CC[C@H](C)[C@@H](C)[C@@H]2/C=C/c2ccc(-c3ccccc3C#N)cn2)C[C@H](C)[C@@H](C)[C@@H]1/C=C/c1ccc(-c2ccccc2C#N)cn1. The van der Waals surface area contributed by atoms with Gasteiger partial charge in [-0.1, -0.05) is 102 Å². The van der Waals surface area contributed by atoms with Crippen LogP contribution in [0.4, 0.5) is 0 Å². The molecule has 0 bridgehead atoms. The fourth-order valence-electron chi connectivity index (χ4n) is 9.09. The zero-order chi connectivity index (χ0) is 37.5. The molecule has 0 saturated heterocycles. The fraction of sp³-hybridized carbons (Fsp3) is 0.396. The summed E-state index contributed by atoms with van der Waals surface area (Å²) in [6.45, 7) is 11.8. The smallest absolute Gasteiger partial charge is 0.133 e. The number of ketones is 1. The second-order valence-corrected chi connectivity index (χ2v) is 15.9. The Morgan fingerprint density at radius 3 is 1.68 bits per heavy atom. The molecule has 6 rings (SSSR count). The number of carbonyl (C=O) groups is 1. The van der Waals surface area contributed by atoms with Gasteiger partial charge in [-0.15, -0.1) is 0 Å². The number of nitrogens with zero attached hydrogens (tertiary/aromatic N) is 4. The quantitative estimate of drug-likeness (QED) is 0.164. The Balaban J connectivity index is 1.10. The molecule has 5 heteroatoms. The monoisotopic (exact) mass is 700 g/mol. The van der Waals surface area contributed by atoms with Crippen molar-refractivity contribution < 1.29 is 4.79 Å². The number of nitriles is 2. The maximum atomic E-state index is 13.9. The van der Waals surface area contributed by atoms with Gasteiger partial charge in [0.2, 0.25) is 0 Å². The van der Waals surface area contributed by atoms with E-state index in [0.717, 1.165) is 52.9 Å². The molecule has 5 nitrogen and oxygen atoms in total. The number of allylic oxidation sites excluding steroid dienone is 2. The molecular weight excluding hydrogens is 649 g/mol. The number of carbonyl (C=O) groups excluding carboxylic acids is 1. The van der Waals surface area contributed by atoms with Crippen molar-refractivity contribution in [3.63, 3.8) is 0 Å². The molecule has 4 aromatic rings. The van der Waals surface area contributed by atoms with Crippen LogP contribution in [-0.4, -0.2) is 15.8 Å². The van der Waals surface area contributed by atoms with E-state index in [2.05, 4.69) is 71.1 Å². The highest BCUT2D eigenvalue weighted by Gasteiger charge is 2.39. The van der Waals surface area contributed by atoms with Gasteiger partial charge in [-0.25, -0.2) is 0 Å². The number of Topliss-reactive ketones (excluding diaryl/α,β-unsaturated/α-hetero) is 1. The fourth-order valence-corrected chi connectivity index (χ4v) is 9.09. The molecule has 9 atom stereocenters. The van der Waals surface area contributed by atoms with E-state index in [-0.39, 0.29) is 0 Å². The summed E-state index contributed by atoms with van der Waals surface area (Å²) in [6, 6.07) is 27.9. The van der Waals surface area contributed by atoms with Gasteiger partial charge in [0.1, 0.15) is 5.78 Å². The normalized spacial score (nSPS) is 27.3. The number of pyridine rings is 2. The second kappa shape index (κ2) is 17.1. The van der Waals surface area contributed by atoms with Crippen LogP contribution >= 0.6 is 0 Å². The predicted octanol–water partition coefficient (Wildman–Crippen LogP) is 11.5.